The zero-order valence-electron chi connectivity index (χ0n) is 15.9. The average Bonchev–Trinajstić information content (AvgIpc) is 3.44. The molecule has 0 radical (unpaired) electrons. The summed E-state index contributed by atoms with van der Waals surface area (Å²) in [5, 5.41) is 3.00. The van der Waals surface area contributed by atoms with Gasteiger partial charge in [-0.2, -0.15) is 0 Å². The first-order chi connectivity index (χ1) is 13.7. The molecule has 0 bridgehead atoms. The molecule has 2 fully saturated rings. The number of hydrogen-bond donors (Lipinski definition) is 2. The number of carbonyl (C=O) groups is 1. The Morgan fingerprint density at radius 2 is 1.89 bits per heavy atom. The Hall–Kier alpha value is -2.67. The van der Waals surface area contributed by atoms with E-state index in [9.17, 15) is 4.79 Å². The molecule has 1 unspecified atom stereocenters. The summed E-state index contributed by atoms with van der Waals surface area (Å²) in [6, 6.07) is 8.01. The third kappa shape index (κ3) is 2.90. The monoisotopic (exact) mass is 379 g/mol. The minimum Gasteiger partial charge on any atom is -0.384 e. The average molecular weight is 379 g/mol. The second kappa shape index (κ2) is 7.05. The van der Waals surface area contributed by atoms with Gasteiger partial charge in [0.1, 0.15) is 16.9 Å². The lowest BCUT2D eigenvalue weighted by molar-refractivity contribution is 0.0859. The Bertz CT molecular complexity index is 1030. The van der Waals surface area contributed by atoms with Crippen molar-refractivity contribution in [2.45, 2.75) is 50.7 Å². The van der Waals surface area contributed by atoms with Gasteiger partial charge in [0.15, 0.2) is 5.65 Å². The van der Waals surface area contributed by atoms with Crippen LogP contribution in [0.3, 0.4) is 0 Å². The maximum Gasteiger partial charge on any atom is 0.257 e. The Kier molecular flexibility index (Phi) is 4.39. The molecule has 1 aliphatic heterocycles. The van der Waals surface area contributed by atoms with Crippen LogP contribution in [0.25, 0.3) is 22.2 Å². The van der Waals surface area contributed by atoms with Crippen molar-refractivity contribution in [3.8, 4) is 0 Å². The number of ether oxygens (including phenoxy) is 1. The van der Waals surface area contributed by atoms with Crippen LogP contribution in [0.4, 0.5) is 5.82 Å². The fraction of sp³-hybridized carbons (Fsp3) is 0.476. The van der Waals surface area contributed by atoms with Gasteiger partial charge in [-0.1, -0.05) is 25.0 Å². The van der Waals surface area contributed by atoms with Crippen molar-refractivity contribution in [2.24, 2.45) is 0 Å². The van der Waals surface area contributed by atoms with Crippen LogP contribution in [0.5, 0.6) is 0 Å². The number of fused-ring (bicyclic) bond motifs is 2. The number of nitrogens with one attached hydrogen (secondary N) is 1. The van der Waals surface area contributed by atoms with Gasteiger partial charge in [0.05, 0.1) is 17.1 Å². The standard InChI is InChI=1S/C21H25N5O2/c22-19-17(21(27)23-12-14-8-5-11-28-14)18-20(26(19)13-6-1-2-7-13)25-16-10-4-3-9-15(16)24-18/h3-4,9-10,13-14H,1-2,5-8,11-12,22H2,(H,23,27). The molecule has 7 nitrogen and oxygen atoms in total. The number of nitrogen functional groups attached to an aromatic ring is 1. The first-order valence-electron chi connectivity index (χ1n) is 10.2. The van der Waals surface area contributed by atoms with Gasteiger partial charge in [-0.3, -0.25) is 4.79 Å². The second-order valence-electron chi connectivity index (χ2n) is 7.80. The van der Waals surface area contributed by atoms with Gasteiger partial charge in [-0.25, -0.2) is 9.97 Å². The van der Waals surface area contributed by atoms with E-state index in [0.717, 1.165) is 43.3 Å². The van der Waals surface area contributed by atoms with E-state index in [0.29, 0.717) is 29.1 Å². The van der Waals surface area contributed by atoms with Gasteiger partial charge < -0.3 is 20.4 Å². The highest BCUT2D eigenvalue weighted by atomic mass is 16.5. The highest BCUT2D eigenvalue weighted by Gasteiger charge is 2.29. The summed E-state index contributed by atoms with van der Waals surface area (Å²) in [4.78, 5) is 22.7. The highest BCUT2D eigenvalue weighted by molar-refractivity contribution is 6.10. The van der Waals surface area contributed by atoms with E-state index in [-0.39, 0.29) is 18.1 Å². The zero-order chi connectivity index (χ0) is 19.1. The fourth-order valence-electron chi connectivity index (χ4n) is 4.54. The molecule has 1 saturated heterocycles. The Labute approximate surface area is 163 Å². The van der Waals surface area contributed by atoms with Gasteiger partial charge in [0.25, 0.3) is 5.91 Å². The summed E-state index contributed by atoms with van der Waals surface area (Å²) in [6.45, 7) is 1.26. The predicted octanol–water partition coefficient (Wildman–Crippen LogP) is 3.19. The largest absolute Gasteiger partial charge is 0.384 e. The molecule has 1 aliphatic carbocycles. The number of anilines is 1. The number of para-hydroxylation sites is 2. The summed E-state index contributed by atoms with van der Waals surface area (Å²) in [6.07, 6.45) is 6.56. The van der Waals surface area contributed by atoms with E-state index < -0.39 is 0 Å². The number of rotatable bonds is 4. The molecule has 3 aromatic rings. The van der Waals surface area contributed by atoms with Crippen molar-refractivity contribution < 1.29 is 9.53 Å². The predicted molar refractivity (Wildman–Crippen MR) is 108 cm³/mol. The van der Waals surface area contributed by atoms with Gasteiger partial charge in [-0.15, -0.1) is 0 Å². The molecule has 5 rings (SSSR count). The summed E-state index contributed by atoms with van der Waals surface area (Å²) >= 11 is 0. The van der Waals surface area contributed by atoms with Crippen LogP contribution >= 0.6 is 0 Å². The van der Waals surface area contributed by atoms with Crippen LogP contribution in [0.1, 0.15) is 54.9 Å². The topological polar surface area (TPSA) is 95.1 Å². The molecule has 0 spiro atoms. The summed E-state index contributed by atoms with van der Waals surface area (Å²) < 4.78 is 7.67. The van der Waals surface area contributed by atoms with E-state index in [4.69, 9.17) is 20.4 Å². The van der Waals surface area contributed by atoms with E-state index in [1.165, 1.54) is 12.8 Å². The van der Waals surface area contributed by atoms with E-state index in [1.807, 2.05) is 28.8 Å². The zero-order valence-corrected chi connectivity index (χ0v) is 15.9. The van der Waals surface area contributed by atoms with Gasteiger partial charge in [0, 0.05) is 19.2 Å². The van der Waals surface area contributed by atoms with Gasteiger partial charge >= 0.3 is 0 Å². The summed E-state index contributed by atoms with van der Waals surface area (Å²) in [5.74, 6) is 0.279. The minimum absolute atomic E-state index is 0.0836. The maximum absolute atomic E-state index is 13.1. The van der Waals surface area contributed by atoms with Crippen LogP contribution in [0, 0.1) is 0 Å². The van der Waals surface area contributed by atoms with Crippen molar-refractivity contribution in [1.29, 1.82) is 0 Å². The SMILES string of the molecule is Nc1c(C(=O)NCC2CCCO2)c2nc3ccccc3nc2n1C1CCCC1. The number of benzene rings is 1. The van der Waals surface area contributed by atoms with Crippen molar-refractivity contribution in [1.82, 2.24) is 19.9 Å². The lowest BCUT2D eigenvalue weighted by atomic mass is 10.2. The molecule has 3 N–H and O–H groups in total. The first kappa shape index (κ1) is 17.4. The van der Waals surface area contributed by atoms with Crippen molar-refractivity contribution >= 4 is 33.9 Å². The molecule has 146 valence electrons. The van der Waals surface area contributed by atoms with Crippen LogP contribution in [0.2, 0.25) is 0 Å². The fourth-order valence-corrected chi connectivity index (χ4v) is 4.54. The van der Waals surface area contributed by atoms with Crippen molar-refractivity contribution in [3.63, 3.8) is 0 Å². The van der Waals surface area contributed by atoms with Crippen LogP contribution < -0.4 is 11.1 Å². The quantitative estimate of drug-likeness (QED) is 0.726. The van der Waals surface area contributed by atoms with Crippen molar-refractivity contribution in [2.75, 3.05) is 18.9 Å². The summed E-state index contributed by atoms with van der Waals surface area (Å²) in [7, 11) is 0. The molecule has 7 heteroatoms. The Morgan fingerprint density at radius 3 is 2.61 bits per heavy atom. The van der Waals surface area contributed by atoms with Crippen LogP contribution in [-0.4, -0.2) is 39.7 Å². The van der Waals surface area contributed by atoms with Crippen LogP contribution in [0.15, 0.2) is 24.3 Å². The van der Waals surface area contributed by atoms with Crippen molar-refractivity contribution in [3.05, 3.63) is 29.8 Å². The molecular formula is C21H25N5O2. The number of aromatic nitrogens is 3. The number of hydrogen-bond acceptors (Lipinski definition) is 5. The molecule has 1 atom stereocenters. The minimum atomic E-state index is -0.195. The molecular weight excluding hydrogens is 354 g/mol. The van der Waals surface area contributed by atoms with Crippen LogP contribution in [-0.2, 0) is 4.74 Å². The van der Waals surface area contributed by atoms with E-state index >= 15 is 0 Å². The molecule has 2 aromatic heterocycles. The number of amides is 1. The van der Waals surface area contributed by atoms with Gasteiger partial charge in [0.2, 0.25) is 0 Å². The lowest BCUT2D eigenvalue weighted by Crippen LogP contribution is -2.32. The Balaban J connectivity index is 1.60. The maximum atomic E-state index is 13.1. The Morgan fingerprint density at radius 1 is 1.14 bits per heavy atom. The van der Waals surface area contributed by atoms with Gasteiger partial charge in [-0.05, 0) is 37.8 Å². The highest BCUT2D eigenvalue weighted by Crippen LogP contribution is 2.37. The molecule has 1 saturated carbocycles. The first-order valence-corrected chi connectivity index (χ1v) is 10.2. The third-order valence-electron chi connectivity index (χ3n) is 5.96. The van der Waals surface area contributed by atoms with E-state index in [1.54, 1.807) is 0 Å². The number of nitrogens with two attached hydrogens (primary N) is 1. The molecule has 1 aromatic carbocycles. The molecule has 28 heavy (non-hydrogen) atoms. The molecule has 2 aliphatic rings. The second-order valence-corrected chi connectivity index (χ2v) is 7.80. The lowest BCUT2D eigenvalue weighted by Gasteiger charge is -2.15. The third-order valence-corrected chi connectivity index (χ3v) is 5.96. The number of nitrogens with zero attached hydrogens (tertiary/aromatic N) is 3. The summed E-state index contributed by atoms with van der Waals surface area (Å²) in [5.41, 5.74) is 9.87. The normalized spacial score (nSPS) is 20.4. The smallest absolute Gasteiger partial charge is 0.257 e. The molecule has 1 amide bonds. The van der Waals surface area contributed by atoms with E-state index in [2.05, 4.69) is 5.32 Å². The molecule has 3 heterocycles. The number of carbonyl (C=O) groups excluding carboxylic acids is 1.